The summed E-state index contributed by atoms with van der Waals surface area (Å²) in [6.07, 6.45) is 5.57. The Kier molecular flexibility index (Phi) is 4.60. The molecule has 1 aromatic rings. The lowest BCUT2D eigenvalue weighted by Gasteiger charge is -2.36. The molecule has 0 radical (unpaired) electrons. The molecule has 0 saturated heterocycles. The van der Waals surface area contributed by atoms with Gasteiger partial charge in [0, 0.05) is 29.8 Å². The fourth-order valence-corrected chi connectivity index (χ4v) is 2.89. The highest BCUT2D eigenvalue weighted by atomic mass is 16.6. The second kappa shape index (κ2) is 6.22. The number of nitro benzene ring substituents is 1. The molecular formula is C15H22N2O3. The van der Waals surface area contributed by atoms with E-state index in [9.17, 15) is 15.2 Å². The molecule has 1 fully saturated rings. The van der Waals surface area contributed by atoms with Crippen molar-refractivity contribution in [1.29, 1.82) is 0 Å². The highest BCUT2D eigenvalue weighted by Crippen LogP contribution is 2.36. The van der Waals surface area contributed by atoms with Gasteiger partial charge in [0.1, 0.15) is 0 Å². The quantitative estimate of drug-likeness (QED) is 0.640. The first kappa shape index (κ1) is 14.8. The Hall–Kier alpha value is -1.62. The van der Waals surface area contributed by atoms with Crippen molar-refractivity contribution >= 4 is 11.4 Å². The molecule has 1 aromatic carbocycles. The van der Waals surface area contributed by atoms with E-state index in [-0.39, 0.29) is 22.6 Å². The van der Waals surface area contributed by atoms with Gasteiger partial charge in [0.25, 0.3) is 5.69 Å². The highest BCUT2D eigenvalue weighted by molar-refractivity contribution is 5.56. The lowest BCUT2D eigenvalue weighted by atomic mass is 9.74. The number of anilines is 1. The molecule has 5 heteroatoms. The van der Waals surface area contributed by atoms with Crippen LogP contribution >= 0.6 is 0 Å². The first-order valence-corrected chi connectivity index (χ1v) is 7.16. The average Bonchev–Trinajstić information content (AvgIpc) is 2.47. The van der Waals surface area contributed by atoms with Gasteiger partial charge >= 0.3 is 0 Å². The lowest BCUT2D eigenvalue weighted by molar-refractivity contribution is -0.384. The molecule has 0 atom stereocenters. The number of aliphatic hydroxyl groups excluding tert-OH is 1. The summed E-state index contributed by atoms with van der Waals surface area (Å²) in [5.41, 5.74) is 1.80. The van der Waals surface area contributed by atoms with Crippen molar-refractivity contribution in [3.63, 3.8) is 0 Å². The molecule has 0 aromatic heterocycles. The van der Waals surface area contributed by atoms with Crippen LogP contribution in [0.3, 0.4) is 0 Å². The maximum absolute atomic E-state index is 10.8. The number of non-ortho nitro benzene ring substituents is 1. The summed E-state index contributed by atoms with van der Waals surface area (Å²) in [5, 5.41) is 23.8. The minimum absolute atomic E-state index is 0.0741. The predicted octanol–water partition coefficient (Wildman–Crippen LogP) is 3.26. The summed E-state index contributed by atoms with van der Waals surface area (Å²) in [4.78, 5) is 10.4. The largest absolute Gasteiger partial charge is 0.396 e. The minimum Gasteiger partial charge on any atom is -0.396 e. The summed E-state index contributed by atoms with van der Waals surface area (Å²) in [5.74, 6) is 0. The Labute approximate surface area is 119 Å². The number of nitro groups is 1. The number of aryl methyl sites for hydroxylation is 1. The Morgan fingerprint density at radius 3 is 2.65 bits per heavy atom. The number of aliphatic hydroxyl groups is 1. The SMILES string of the molecule is Cc1ccc([N+](=O)[O-])cc1NCC1(CO)CCCCC1. The highest BCUT2D eigenvalue weighted by Gasteiger charge is 2.31. The van der Waals surface area contributed by atoms with Gasteiger partial charge in [0.05, 0.1) is 11.5 Å². The summed E-state index contributed by atoms with van der Waals surface area (Å²) < 4.78 is 0. The first-order chi connectivity index (χ1) is 9.56. The molecule has 20 heavy (non-hydrogen) atoms. The van der Waals surface area contributed by atoms with Gasteiger partial charge in [-0.15, -0.1) is 0 Å². The molecule has 0 bridgehead atoms. The van der Waals surface area contributed by atoms with E-state index in [4.69, 9.17) is 0 Å². The summed E-state index contributed by atoms with van der Waals surface area (Å²) in [6, 6.07) is 4.85. The summed E-state index contributed by atoms with van der Waals surface area (Å²) in [6.45, 7) is 2.78. The van der Waals surface area contributed by atoms with Crippen molar-refractivity contribution in [2.24, 2.45) is 5.41 Å². The van der Waals surface area contributed by atoms with Crippen LogP contribution in [0.15, 0.2) is 18.2 Å². The van der Waals surface area contributed by atoms with Crippen molar-refractivity contribution in [3.05, 3.63) is 33.9 Å². The Morgan fingerprint density at radius 1 is 1.35 bits per heavy atom. The number of rotatable bonds is 5. The Morgan fingerprint density at radius 2 is 2.05 bits per heavy atom. The normalized spacial score (nSPS) is 17.7. The molecular weight excluding hydrogens is 256 g/mol. The van der Waals surface area contributed by atoms with E-state index in [1.807, 2.05) is 6.92 Å². The van der Waals surface area contributed by atoms with Crippen LogP contribution in [0.2, 0.25) is 0 Å². The zero-order valence-corrected chi connectivity index (χ0v) is 11.9. The third-order valence-electron chi connectivity index (χ3n) is 4.34. The first-order valence-electron chi connectivity index (χ1n) is 7.16. The van der Waals surface area contributed by atoms with Crippen LogP contribution in [0, 0.1) is 22.5 Å². The summed E-state index contributed by atoms with van der Waals surface area (Å²) in [7, 11) is 0. The van der Waals surface area contributed by atoms with Gasteiger partial charge < -0.3 is 10.4 Å². The van der Waals surface area contributed by atoms with Crippen molar-refractivity contribution in [1.82, 2.24) is 0 Å². The van der Waals surface area contributed by atoms with E-state index >= 15 is 0 Å². The molecule has 1 aliphatic carbocycles. The Balaban J connectivity index is 2.09. The monoisotopic (exact) mass is 278 g/mol. The van der Waals surface area contributed by atoms with Crippen LogP contribution in [0.25, 0.3) is 0 Å². The lowest BCUT2D eigenvalue weighted by Crippen LogP contribution is -2.35. The van der Waals surface area contributed by atoms with Gasteiger partial charge in [0.15, 0.2) is 0 Å². The van der Waals surface area contributed by atoms with Gasteiger partial charge in [-0.05, 0) is 25.3 Å². The van der Waals surface area contributed by atoms with Crippen LogP contribution in [-0.2, 0) is 0 Å². The third kappa shape index (κ3) is 3.28. The van der Waals surface area contributed by atoms with Crippen LogP contribution < -0.4 is 5.32 Å². The summed E-state index contributed by atoms with van der Waals surface area (Å²) >= 11 is 0. The second-order valence-corrected chi connectivity index (χ2v) is 5.83. The van der Waals surface area contributed by atoms with Crippen LogP contribution in [0.4, 0.5) is 11.4 Å². The number of hydrogen-bond acceptors (Lipinski definition) is 4. The maximum Gasteiger partial charge on any atom is 0.271 e. The van der Waals surface area contributed by atoms with E-state index in [1.165, 1.54) is 12.5 Å². The number of hydrogen-bond donors (Lipinski definition) is 2. The van der Waals surface area contributed by atoms with E-state index in [1.54, 1.807) is 12.1 Å². The molecule has 0 spiro atoms. The fraction of sp³-hybridized carbons (Fsp3) is 0.600. The van der Waals surface area contributed by atoms with Crippen LogP contribution in [0.5, 0.6) is 0 Å². The third-order valence-corrected chi connectivity index (χ3v) is 4.34. The molecule has 0 heterocycles. The van der Waals surface area contributed by atoms with Gasteiger partial charge in [0.2, 0.25) is 0 Å². The van der Waals surface area contributed by atoms with Crippen molar-refractivity contribution in [2.75, 3.05) is 18.5 Å². The molecule has 2 rings (SSSR count). The van der Waals surface area contributed by atoms with Crippen molar-refractivity contribution in [2.45, 2.75) is 39.0 Å². The number of benzene rings is 1. The molecule has 110 valence electrons. The van der Waals surface area contributed by atoms with Crippen LogP contribution in [-0.4, -0.2) is 23.2 Å². The van der Waals surface area contributed by atoms with E-state index in [0.717, 1.165) is 36.9 Å². The van der Waals surface area contributed by atoms with Crippen molar-refractivity contribution < 1.29 is 10.0 Å². The predicted molar refractivity (Wildman–Crippen MR) is 78.9 cm³/mol. The molecule has 0 aliphatic heterocycles. The molecule has 2 N–H and O–H groups in total. The van der Waals surface area contributed by atoms with Gasteiger partial charge in [-0.2, -0.15) is 0 Å². The van der Waals surface area contributed by atoms with E-state index in [0.29, 0.717) is 6.54 Å². The fourth-order valence-electron chi connectivity index (χ4n) is 2.89. The molecule has 1 aliphatic rings. The molecule has 0 unspecified atom stereocenters. The topological polar surface area (TPSA) is 75.4 Å². The minimum atomic E-state index is -0.382. The van der Waals surface area contributed by atoms with Gasteiger partial charge in [-0.3, -0.25) is 10.1 Å². The average molecular weight is 278 g/mol. The van der Waals surface area contributed by atoms with E-state index in [2.05, 4.69) is 5.32 Å². The van der Waals surface area contributed by atoms with Gasteiger partial charge in [-0.1, -0.05) is 25.3 Å². The zero-order valence-electron chi connectivity index (χ0n) is 11.9. The van der Waals surface area contributed by atoms with Gasteiger partial charge in [-0.25, -0.2) is 0 Å². The van der Waals surface area contributed by atoms with Crippen molar-refractivity contribution in [3.8, 4) is 0 Å². The smallest absolute Gasteiger partial charge is 0.271 e. The molecule has 5 nitrogen and oxygen atoms in total. The molecule has 0 amide bonds. The second-order valence-electron chi connectivity index (χ2n) is 5.83. The zero-order chi connectivity index (χ0) is 14.6. The number of nitrogens with one attached hydrogen (secondary N) is 1. The number of nitrogens with zero attached hydrogens (tertiary/aromatic N) is 1. The molecule has 1 saturated carbocycles. The standard InChI is InChI=1S/C15H22N2O3/c1-12-5-6-13(17(19)20)9-14(12)16-10-15(11-18)7-3-2-4-8-15/h5-6,9,16,18H,2-4,7-8,10-11H2,1H3. The van der Waals surface area contributed by atoms with Crippen LogP contribution in [0.1, 0.15) is 37.7 Å². The maximum atomic E-state index is 10.8. The Bertz CT molecular complexity index is 482. The van der Waals surface area contributed by atoms with E-state index < -0.39 is 0 Å².